The second kappa shape index (κ2) is 9.43. The Labute approximate surface area is 197 Å². The van der Waals surface area contributed by atoms with Crippen molar-refractivity contribution >= 4 is 27.4 Å². The summed E-state index contributed by atoms with van der Waals surface area (Å²) >= 11 is 1.58. The minimum absolute atomic E-state index is 0.200. The Bertz CT molecular complexity index is 1230. The van der Waals surface area contributed by atoms with Crippen molar-refractivity contribution in [1.29, 1.82) is 0 Å². The third-order valence-corrected chi connectivity index (χ3v) is 7.67. The number of fused-ring (bicyclic) bond motifs is 1. The molecule has 170 valence electrons. The van der Waals surface area contributed by atoms with E-state index in [1.165, 1.54) is 11.6 Å². The lowest BCUT2D eigenvalue weighted by Crippen LogP contribution is -2.29. The van der Waals surface area contributed by atoms with Gasteiger partial charge in [-0.1, -0.05) is 11.3 Å². The number of nitrogens with one attached hydrogen (secondary N) is 1. The van der Waals surface area contributed by atoms with Gasteiger partial charge in [0, 0.05) is 23.2 Å². The number of anilines is 1. The summed E-state index contributed by atoms with van der Waals surface area (Å²) in [6.07, 6.45) is 6.30. The SMILES string of the molecule is COc1ccc(-c2nnc(N[C@H](C)[C@H]3CC[C@@H](c4ccnc5ccc(F)cc54)CC3)s2)cc1. The van der Waals surface area contributed by atoms with E-state index >= 15 is 0 Å². The second-order valence-corrected chi connectivity index (χ2v) is 9.72. The average Bonchev–Trinajstić information content (AvgIpc) is 3.32. The van der Waals surface area contributed by atoms with Crippen LogP contribution in [0.1, 0.15) is 44.1 Å². The molecule has 0 spiro atoms. The number of benzene rings is 2. The molecule has 0 amide bonds. The van der Waals surface area contributed by atoms with Crippen LogP contribution >= 0.6 is 11.3 Å². The minimum Gasteiger partial charge on any atom is -0.497 e. The smallest absolute Gasteiger partial charge is 0.206 e. The quantitative estimate of drug-likeness (QED) is 0.346. The minimum atomic E-state index is -0.200. The fourth-order valence-corrected chi connectivity index (χ4v) is 5.72. The van der Waals surface area contributed by atoms with E-state index in [2.05, 4.69) is 33.5 Å². The highest BCUT2D eigenvalue weighted by Gasteiger charge is 2.27. The summed E-state index contributed by atoms with van der Waals surface area (Å²) in [5, 5.41) is 15.0. The van der Waals surface area contributed by atoms with E-state index in [0.717, 1.165) is 58.0 Å². The summed E-state index contributed by atoms with van der Waals surface area (Å²) in [4.78, 5) is 4.41. The summed E-state index contributed by atoms with van der Waals surface area (Å²) in [5.74, 6) is 1.65. The molecule has 2 aromatic heterocycles. The largest absolute Gasteiger partial charge is 0.497 e. The molecule has 0 saturated heterocycles. The molecule has 0 unspecified atom stereocenters. The van der Waals surface area contributed by atoms with Crippen molar-refractivity contribution in [3.05, 3.63) is 66.1 Å². The van der Waals surface area contributed by atoms with E-state index < -0.39 is 0 Å². The first-order valence-corrected chi connectivity index (χ1v) is 12.2. The number of nitrogens with zero attached hydrogens (tertiary/aromatic N) is 3. The zero-order valence-corrected chi connectivity index (χ0v) is 19.6. The van der Waals surface area contributed by atoms with Gasteiger partial charge in [-0.2, -0.15) is 0 Å². The van der Waals surface area contributed by atoms with Crippen molar-refractivity contribution in [3.63, 3.8) is 0 Å². The van der Waals surface area contributed by atoms with Crippen molar-refractivity contribution in [2.45, 2.75) is 44.6 Å². The zero-order valence-electron chi connectivity index (χ0n) is 18.8. The maximum atomic E-state index is 13.9. The number of ether oxygens (including phenoxy) is 1. The first kappa shape index (κ1) is 21.8. The highest BCUT2D eigenvalue weighted by Crippen LogP contribution is 2.40. The predicted molar refractivity (Wildman–Crippen MR) is 131 cm³/mol. The maximum Gasteiger partial charge on any atom is 0.206 e. The van der Waals surface area contributed by atoms with Crippen molar-refractivity contribution < 1.29 is 9.13 Å². The molecular formula is C26H27FN4OS. The van der Waals surface area contributed by atoms with Gasteiger partial charge < -0.3 is 10.1 Å². The Hall–Kier alpha value is -3.06. The number of pyridine rings is 1. The Balaban J connectivity index is 1.21. The van der Waals surface area contributed by atoms with E-state index in [4.69, 9.17) is 4.74 Å². The number of hydrogen-bond acceptors (Lipinski definition) is 6. The molecule has 2 heterocycles. The first-order chi connectivity index (χ1) is 16.1. The topological polar surface area (TPSA) is 59.9 Å². The van der Waals surface area contributed by atoms with Gasteiger partial charge in [0.25, 0.3) is 0 Å². The number of methoxy groups -OCH3 is 1. The van der Waals surface area contributed by atoms with Gasteiger partial charge in [0.05, 0.1) is 12.6 Å². The monoisotopic (exact) mass is 462 g/mol. The highest BCUT2D eigenvalue weighted by molar-refractivity contribution is 7.18. The molecule has 5 nitrogen and oxygen atoms in total. The van der Waals surface area contributed by atoms with Gasteiger partial charge in [-0.05, 0) is 98.5 Å². The van der Waals surface area contributed by atoms with Gasteiger partial charge in [-0.15, -0.1) is 10.2 Å². The molecule has 1 fully saturated rings. The van der Waals surface area contributed by atoms with E-state index in [1.807, 2.05) is 30.5 Å². The third-order valence-electron chi connectivity index (χ3n) is 6.77. The van der Waals surface area contributed by atoms with Crippen molar-refractivity contribution in [1.82, 2.24) is 15.2 Å². The Kier molecular flexibility index (Phi) is 6.22. The highest BCUT2D eigenvalue weighted by atomic mass is 32.1. The molecule has 33 heavy (non-hydrogen) atoms. The normalized spacial score (nSPS) is 19.4. The molecule has 4 aromatic rings. The van der Waals surface area contributed by atoms with E-state index in [0.29, 0.717) is 17.9 Å². The van der Waals surface area contributed by atoms with Crippen LogP contribution < -0.4 is 10.1 Å². The van der Waals surface area contributed by atoms with Gasteiger partial charge in [0.2, 0.25) is 5.13 Å². The van der Waals surface area contributed by atoms with Crippen LogP contribution in [0.4, 0.5) is 9.52 Å². The second-order valence-electron chi connectivity index (χ2n) is 8.75. The van der Waals surface area contributed by atoms with Crippen LogP contribution in [-0.2, 0) is 0 Å². The summed E-state index contributed by atoms with van der Waals surface area (Å²) in [6.45, 7) is 2.23. The standard InChI is InChI=1S/C26H27FN4OS/c1-16(29-26-31-30-25(33-26)19-7-10-21(32-2)11-8-19)17-3-5-18(6-4-17)22-13-14-28-24-12-9-20(27)15-23(22)24/h7-18H,3-6H2,1-2H3,(H,29,31)/t16-,17-,18+/m1/s1. The molecule has 1 atom stereocenters. The lowest BCUT2D eigenvalue weighted by Gasteiger charge is -2.33. The van der Waals surface area contributed by atoms with E-state index in [1.54, 1.807) is 30.6 Å². The van der Waals surface area contributed by atoms with Crippen LogP contribution in [0.25, 0.3) is 21.5 Å². The van der Waals surface area contributed by atoms with Crippen LogP contribution in [0.5, 0.6) is 5.75 Å². The number of halogens is 1. The summed E-state index contributed by atoms with van der Waals surface area (Å²) in [6, 6.07) is 15.1. The Morgan fingerprint density at radius 3 is 2.58 bits per heavy atom. The van der Waals surface area contributed by atoms with Gasteiger partial charge in [0.15, 0.2) is 0 Å². The van der Waals surface area contributed by atoms with Crippen molar-refractivity contribution in [2.24, 2.45) is 5.92 Å². The average molecular weight is 463 g/mol. The molecule has 0 radical (unpaired) electrons. The molecule has 2 aromatic carbocycles. The van der Waals surface area contributed by atoms with E-state index in [-0.39, 0.29) is 5.82 Å². The summed E-state index contributed by atoms with van der Waals surface area (Å²) in [7, 11) is 1.66. The van der Waals surface area contributed by atoms with Crippen molar-refractivity contribution in [3.8, 4) is 16.3 Å². The van der Waals surface area contributed by atoms with Crippen LogP contribution in [0.15, 0.2) is 54.7 Å². The molecule has 1 aliphatic rings. The lowest BCUT2D eigenvalue weighted by molar-refractivity contribution is 0.302. The molecule has 1 saturated carbocycles. The van der Waals surface area contributed by atoms with Crippen LogP contribution in [0.2, 0.25) is 0 Å². The van der Waals surface area contributed by atoms with E-state index in [9.17, 15) is 4.39 Å². The van der Waals surface area contributed by atoms with Crippen LogP contribution in [0, 0.1) is 11.7 Å². The maximum absolute atomic E-state index is 13.9. The molecule has 7 heteroatoms. The summed E-state index contributed by atoms with van der Waals surface area (Å²) < 4.78 is 19.1. The third kappa shape index (κ3) is 4.69. The zero-order chi connectivity index (χ0) is 22.8. The number of hydrogen-bond donors (Lipinski definition) is 1. The molecule has 1 N–H and O–H groups in total. The molecule has 5 rings (SSSR count). The summed E-state index contributed by atoms with van der Waals surface area (Å²) in [5.41, 5.74) is 3.14. The molecule has 1 aliphatic carbocycles. The van der Waals surface area contributed by atoms with Crippen LogP contribution in [-0.4, -0.2) is 28.3 Å². The molecular weight excluding hydrogens is 435 g/mol. The molecule has 0 bridgehead atoms. The molecule has 0 aliphatic heterocycles. The fraction of sp³-hybridized carbons (Fsp3) is 0.346. The Morgan fingerprint density at radius 2 is 1.82 bits per heavy atom. The van der Waals surface area contributed by atoms with Gasteiger partial charge in [-0.3, -0.25) is 4.98 Å². The van der Waals surface area contributed by atoms with Crippen LogP contribution in [0.3, 0.4) is 0 Å². The number of rotatable bonds is 6. The van der Waals surface area contributed by atoms with Gasteiger partial charge in [0.1, 0.15) is 16.6 Å². The fourth-order valence-electron chi connectivity index (χ4n) is 4.87. The van der Waals surface area contributed by atoms with Crippen molar-refractivity contribution in [2.75, 3.05) is 12.4 Å². The predicted octanol–water partition coefficient (Wildman–Crippen LogP) is 6.68. The number of aromatic nitrogens is 3. The van der Waals surface area contributed by atoms with Gasteiger partial charge >= 0.3 is 0 Å². The lowest BCUT2D eigenvalue weighted by atomic mass is 9.75. The van der Waals surface area contributed by atoms with Gasteiger partial charge in [-0.25, -0.2) is 4.39 Å². The Morgan fingerprint density at radius 1 is 1.03 bits per heavy atom. The first-order valence-electron chi connectivity index (χ1n) is 11.4.